The minimum Gasteiger partial charge on any atom is -0.342 e. The van der Waals surface area contributed by atoms with Gasteiger partial charge >= 0.3 is 0 Å². The normalized spacial score (nSPS) is 29.8. The van der Waals surface area contributed by atoms with Gasteiger partial charge in [0.2, 0.25) is 5.91 Å². The SMILES string of the molecule is CCN(CC1CCC1)C(=O)C1(C)CCCNC1. The Bertz CT molecular complexity index is 267. The molecule has 0 aromatic heterocycles. The summed E-state index contributed by atoms with van der Waals surface area (Å²) in [6, 6.07) is 0. The molecule has 1 saturated heterocycles. The number of carbonyl (C=O) groups excluding carboxylic acids is 1. The molecule has 1 aliphatic carbocycles. The standard InChI is InChI=1S/C14H26N2O/c1-3-16(10-12-6-4-7-12)13(17)14(2)8-5-9-15-11-14/h12,15H,3-11H2,1-2H3. The van der Waals surface area contributed by atoms with E-state index in [0.29, 0.717) is 5.91 Å². The minimum absolute atomic E-state index is 0.155. The van der Waals surface area contributed by atoms with E-state index in [1.165, 1.54) is 19.3 Å². The molecule has 0 spiro atoms. The van der Waals surface area contributed by atoms with Crippen LogP contribution in [0, 0.1) is 11.3 Å². The summed E-state index contributed by atoms with van der Waals surface area (Å²) in [6.45, 7) is 8.02. The summed E-state index contributed by atoms with van der Waals surface area (Å²) in [5.41, 5.74) is -0.155. The van der Waals surface area contributed by atoms with Crippen molar-refractivity contribution in [2.45, 2.75) is 46.0 Å². The van der Waals surface area contributed by atoms with Gasteiger partial charge in [0.15, 0.2) is 0 Å². The van der Waals surface area contributed by atoms with E-state index >= 15 is 0 Å². The Morgan fingerprint density at radius 1 is 1.41 bits per heavy atom. The van der Waals surface area contributed by atoms with Crippen LogP contribution >= 0.6 is 0 Å². The van der Waals surface area contributed by atoms with Crippen LogP contribution in [-0.2, 0) is 4.79 Å². The fraction of sp³-hybridized carbons (Fsp3) is 0.929. The van der Waals surface area contributed by atoms with E-state index in [1.807, 2.05) is 0 Å². The van der Waals surface area contributed by atoms with Crippen LogP contribution in [-0.4, -0.2) is 37.0 Å². The van der Waals surface area contributed by atoms with Crippen molar-refractivity contribution in [2.75, 3.05) is 26.2 Å². The lowest BCUT2D eigenvalue weighted by atomic mass is 9.80. The van der Waals surface area contributed by atoms with Gasteiger partial charge in [0.1, 0.15) is 0 Å². The molecule has 1 heterocycles. The third-order valence-electron chi connectivity index (χ3n) is 4.49. The Labute approximate surface area is 105 Å². The van der Waals surface area contributed by atoms with Crippen molar-refractivity contribution >= 4 is 5.91 Å². The molecule has 1 N–H and O–H groups in total. The summed E-state index contributed by atoms with van der Waals surface area (Å²) in [4.78, 5) is 14.7. The second kappa shape index (κ2) is 5.38. The van der Waals surface area contributed by atoms with Crippen molar-refractivity contribution in [3.8, 4) is 0 Å². The van der Waals surface area contributed by atoms with Gasteiger partial charge in [-0.2, -0.15) is 0 Å². The molecule has 0 radical (unpaired) electrons. The van der Waals surface area contributed by atoms with Gasteiger partial charge in [0.25, 0.3) is 0 Å². The molecule has 98 valence electrons. The molecular weight excluding hydrogens is 212 g/mol. The molecule has 3 heteroatoms. The lowest BCUT2D eigenvalue weighted by molar-refractivity contribution is -0.143. The maximum absolute atomic E-state index is 12.6. The summed E-state index contributed by atoms with van der Waals surface area (Å²) in [6.07, 6.45) is 6.16. The molecule has 1 atom stereocenters. The summed E-state index contributed by atoms with van der Waals surface area (Å²) in [5.74, 6) is 1.15. The van der Waals surface area contributed by atoms with Crippen LogP contribution in [0.1, 0.15) is 46.0 Å². The smallest absolute Gasteiger partial charge is 0.229 e. The van der Waals surface area contributed by atoms with Crippen LogP contribution in [0.25, 0.3) is 0 Å². The zero-order valence-electron chi connectivity index (χ0n) is 11.3. The van der Waals surface area contributed by atoms with Gasteiger partial charge in [-0.05, 0) is 52.0 Å². The minimum atomic E-state index is -0.155. The van der Waals surface area contributed by atoms with Crippen molar-refractivity contribution in [2.24, 2.45) is 11.3 Å². The maximum Gasteiger partial charge on any atom is 0.229 e. The lowest BCUT2D eigenvalue weighted by Gasteiger charge is -2.39. The number of nitrogens with one attached hydrogen (secondary N) is 1. The number of amides is 1. The molecule has 1 aliphatic heterocycles. The molecule has 0 aromatic rings. The highest BCUT2D eigenvalue weighted by atomic mass is 16.2. The first-order valence-electron chi connectivity index (χ1n) is 7.16. The molecule has 2 fully saturated rings. The third kappa shape index (κ3) is 2.82. The third-order valence-corrected chi connectivity index (χ3v) is 4.49. The van der Waals surface area contributed by atoms with E-state index < -0.39 is 0 Å². The highest BCUT2D eigenvalue weighted by Crippen LogP contribution is 2.31. The summed E-state index contributed by atoms with van der Waals surface area (Å²) in [5, 5.41) is 3.37. The van der Waals surface area contributed by atoms with Gasteiger partial charge in [0, 0.05) is 19.6 Å². The molecule has 1 unspecified atom stereocenters. The maximum atomic E-state index is 12.6. The number of hydrogen-bond acceptors (Lipinski definition) is 2. The first kappa shape index (κ1) is 12.9. The van der Waals surface area contributed by atoms with Gasteiger partial charge in [-0.3, -0.25) is 4.79 Å². The Kier molecular flexibility index (Phi) is 4.08. The molecule has 3 nitrogen and oxygen atoms in total. The Balaban J connectivity index is 1.94. The second-order valence-electron chi connectivity index (χ2n) is 5.98. The quantitative estimate of drug-likeness (QED) is 0.812. The largest absolute Gasteiger partial charge is 0.342 e. The fourth-order valence-corrected chi connectivity index (χ4v) is 2.96. The van der Waals surface area contributed by atoms with Gasteiger partial charge < -0.3 is 10.2 Å². The van der Waals surface area contributed by atoms with Crippen molar-refractivity contribution in [1.82, 2.24) is 10.2 Å². The van der Waals surface area contributed by atoms with Crippen LogP contribution < -0.4 is 5.32 Å². The fourth-order valence-electron chi connectivity index (χ4n) is 2.96. The van der Waals surface area contributed by atoms with Crippen LogP contribution in [0.5, 0.6) is 0 Å². The van der Waals surface area contributed by atoms with E-state index in [9.17, 15) is 4.79 Å². The predicted molar refractivity (Wildman–Crippen MR) is 69.8 cm³/mol. The number of rotatable bonds is 4. The number of carbonyl (C=O) groups is 1. The van der Waals surface area contributed by atoms with E-state index in [0.717, 1.165) is 44.9 Å². The molecule has 0 aromatic carbocycles. The average Bonchev–Trinajstić information content (AvgIpc) is 2.28. The van der Waals surface area contributed by atoms with Gasteiger partial charge in [-0.15, -0.1) is 0 Å². The lowest BCUT2D eigenvalue weighted by Crippen LogP contribution is -2.51. The van der Waals surface area contributed by atoms with E-state index in [2.05, 4.69) is 24.1 Å². The molecule has 1 amide bonds. The van der Waals surface area contributed by atoms with E-state index in [1.54, 1.807) is 0 Å². The van der Waals surface area contributed by atoms with Crippen molar-refractivity contribution in [3.63, 3.8) is 0 Å². The average molecular weight is 238 g/mol. The van der Waals surface area contributed by atoms with Gasteiger partial charge in [-0.25, -0.2) is 0 Å². The Morgan fingerprint density at radius 3 is 2.65 bits per heavy atom. The van der Waals surface area contributed by atoms with Crippen molar-refractivity contribution in [1.29, 1.82) is 0 Å². The highest BCUT2D eigenvalue weighted by Gasteiger charge is 2.38. The molecule has 1 saturated carbocycles. The van der Waals surface area contributed by atoms with Crippen LogP contribution in [0.2, 0.25) is 0 Å². The topological polar surface area (TPSA) is 32.3 Å². The summed E-state index contributed by atoms with van der Waals surface area (Å²) >= 11 is 0. The molecule has 2 aliphatic rings. The molecule has 2 rings (SSSR count). The van der Waals surface area contributed by atoms with Crippen LogP contribution in [0.4, 0.5) is 0 Å². The monoisotopic (exact) mass is 238 g/mol. The molecule has 17 heavy (non-hydrogen) atoms. The first-order chi connectivity index (χ1) is 8.15. The zero-order chi connectivity index (χ0) is 12.3. The number of hydrogen-bond donors (Lipinski definition) is 1. The van der Waals surface area contributed by atoms with Crippen LogP contribution in [0.15, 0.2) is 0 Å². The summed E-state index contributed by atoms with van der Waals surface area (Å²) < 4.78 is 0. The van der Waals surface area contributed by atoms with Crippen molar-refractivity contribution in [3.05, 3.63) is 0 Å². The zero-order valence-corrected chi connectivity index (χ0v) is 11.3. The van der Waals surface area contributed by atoms with Crippen LogP contribution in [0.3, 0.4) is 0 Å². The predicted octanol–water partition coefficient (Wildman–Crippen LogP) is 2.02. The van der Waals surface area contributed by atoms with E-state index in [4.69, 9.17) is 0 Å². The Hall–Kier alpha value is -0.570. The highest BCUT2D eigenvalue weighted by molar-refractivity contribution is 5.82. The summed E-state index contributed by atoms with van der Waals surface area (Å²) in [7, 11) is 0. The second-order valence-corrected chi connectivity index (χ2v) is 5.98. The molecule has 0 bridgehead atoms. The first-order valence-corrected chi connectivity index (χ1v) is 7.16. The van der Waals surface area contributed by atoms with Crippen molar-refractivity contribution < 1.29 is 4.79 Å². The Morgan fingerprint density at radius 2 is 2.18 bits per heavy atom. The molecular formula is C14H26N2O. The van der Waals surface area contributed by atoms with E-state index in [-0.39, 0.29) is 5.41 Å². The number of nitrogens with zero attached hydrogens (tertiary/aromatic N) is 1. The number of piperidine rings is 1. The van der Waals surface area contributed by atoms with Gasteiger partial charge in [-0.1, -0.05) is 6.42 Å². The van der Waals surface area contributed by atoms with Gasteiger partial charge in [0.05, 0.1) is 5.41 Å².